The molecule has 0 radical (unpaired) electrons. The Morgan fingerprint density at radius 3 is 2.10 bits per heavy atom. The number of carbonyl (C=O) groups is 2. The number of hydrogen-bond acceptors (Lipinski definition) is 8. The Kier molecular flexibility index (Phi) is 10.8. The highest BCUT2D eigenvalue weighted by Crippen LogP contribution is 2.42. The first-order valence-electron chi connectivity index (χ1n) is 16.0. The Hall–Kier alpha value is -4.22. The van der Waals surface area contributed by atoms with Crippen molar-refractivity contribution in [1.29, 1.82) is 0 Å². The van der Waals surface area contributed by atoms with Gasteiger partial charge in [-0.2, -0.15) is 0 Å². The highest BCUT2D eigenvalue weighted by molar-refractivity contribution is 6.39. The highest BCUT2D eigenvalue weighted by Gasteiger charge is 2.22. The van der Waals surface area contributed by atoms with Gasteiger partial charge in [0.2, 0.25) is 17.7 Å². The maximum absolute atomic E-state index is 11.5. The summed E-state index contributed by atoms with van der Waals surface area (Å²) in [6.45, 7) is 2.52. The van der Waals surface area contributed by atoms with E-state index < -0.39 is 0 Å². The van der Waals surface area contributed by atoms with Crippen LogP contribution in [0, 0.1) is 0 Å². The first kappa shape index (κ1) is 33.7. The van der Waals surface area contributed by atoms with E-state index in [0.29, 0.717) is 71.9 Å². The van der Waals surface area contributed by atoms with E-state index in [-0.39, 0.29) is 23.9 Å². The van der Waals surface area contributed by atoms with E-state index in [1.807, 2.05) is 54.6 Å². The standard InChI is InChI=1S/C36H38Cl2N6O4/c1-47-30-16-21(6-7-22(30)17-39-19-24-9-12-31(45)42-24)26-14-15-41-35(34(26)38)28-5-3-4-27(33(28)37)29-11-8-23(36(44-29)48-2)18-40-20-25-10-13-32(46)43-25/h3-8,11,14-16,24-25,39-40H,9-10,12-13,17-20H2,1-2H3,(H,42,45)(H,43,46)/t24-,25-/m0/s1. The van der Waals surface area contributed by atoms with Gasteiger partial charge in [0.1, 0.15) is 5.75 Å². The fourth-order valence-corrected chi connectivity index (χ4v) is 6.81. The molecule has 4 aromatic rings. The molecule has 0 spiro atoms. The maximum atomic E-state index is 11.5. The fraction of sp³-hybridized carbons (Fsp3) is 0.333. The van der Waals surface area contributed by atoms with Crippen LogP contribution in [0.25, 0.3) is 33.6 Å². The zero-order valence-corrected chi connectivity index (χ0v) is 28.4. The number of methoxy groups -OCH3 is 2. The minimum absolute atomic E-state index is 0.0969. The van der Waals surface area contributed by atoms with Crippen LogP contribution in [0.1, 0.15) is 36.8 Å². The number of rotatable bonds is 13. The molecule has 0 bridgehead atoms. The quantitative estimate of drug-likeness (QED) is 0.144. The van der Waals surface area contributed by atoms with E-state index >= 15 is 0 Å². The first-order valence-corrected chi connectivity index (χ1v) is 16.7. The molecule has 2 aliphatic rings. The average molecular weight is 690 g/mol. The van der Waals surface area contributed by atoms with Crippen molar-refractivity contribution in [3.63, 3.8) is 0 Å². The second-order valence-corrected chi connectivity index (χ2v) is 12.7. The lowest BCUT2D eigenvalue weighted by Crippen LogP contribution is -2.35. The van der Waals surface area contributed by atoms with E-state index in [2.05, 4.69) is 26.3 Å². The summed E-state index contributed by atoms with van der Waals surface area (Å²) < 4.78 is 11.4. The number of amides is 2. The zero-order chi connectivity index (χ0) is 33.6. The molecule has 10 nitrogen and oxygen atoms in total. The van der Waals surface area contributed by atoms with Gasteiger partial charge < -0.3 is 30.7 Å². The van der Waals surface area contributed by atoms with E-state index in [9.17, 15) is 9.59 Å². The second kappa shape index (κ2) is 15.3. The Morgan fingerprint density at radius 1 is 0.792 bits per heavy atom. The molecular weight excluding hydrogens is 651 g/mol. The van der Waals surface area contributed by atoms with Gasteiger partial charge in [0.15, 0.2) is 0 Å². The Bertz CT molecular complexity index is 1690. The van der Waals surface area contributed by atoms with E-state index in [1.54, 1.807) is 20.4 Å². The van der Waals surface area contributed by atoms with Crippen molar-refractivity contribution in [1.82, 2.24) is 31.2 Å². The summed E-state index contributed by atoms with van der Waals surface area (Å²) in [6, 6.07) is 17.7. The Balaban J connectivity index is 1.20. The van der Waals surface area contributed by atoms with Crippen molar-refractivity contribution in [3.05, 3.63) is 82.0 Å². The number of pyridine rings is 2. The molecule has 48 heavy (non-hydrogen) atoms. The van der Waals surface area contributed by atoms with Crippen LogP contribution in [0.15, 0.2) is 60.8 Å². The summed E-state index contributed by atoms with van der Waals surface area (Å²) in [7, 11) is 3.24. The van der Waals surface area contributed by atoms with Gasteiger partial charge in [0.05, 0.1) is 35.7 Å². The van der Waals surface area contributed by atoms with Gasteiger partial charge in [-0.1, -0.05) is 59.6 Å². The summed E-state index contributed by atoms with van der Waals surface area (Å²) >= 11 is 14.1. The molecule has 0 unspecified atom stereocenters. The number of hydrogen-bond donors (Lipinski definition) is 4. The molecule has 2 aliphatic heterocycles. The van der Waals surface area contributed by atoms with E-state index in [4.69, 9.17) is 37.7 Å². The van der Waals surface area contributed by atoms with Crippen LogP contribution < -0.4 is 30.7 Å². The van der Waals surface area contributed by atoms with E-state index in [1.165, 1.54) is 0 Å². The maximum Gasteiger partial charge on any atom is 0.220 e. The smallest absolute Gasteiger partial charge is 0.220 e. The molecule has 4 heterocycles. The molecule has 2 saturated heterocycles. The third-order valence-electron chi connectivity index (χ3n) is 8.73. The fourth-order valence-electron chi connectivity index (χ4n) is 6.18. The molecule has 6 rings (SSSR count). The average Bonchev–Trinajstić information content (AvgIpc) is 3.72. The predicted octanol–water partition coefficient (Wildman–Crippen LogP) is 5.54. The third-order valence-corrected chi connectivity index (χ3v) is 9.52. The summed E-state index contributed by atoms with van der Waals surface area (Å²) in [4.78, 5) is 32.4. The second-order valence-electron chi connectivity index (χ2n) is 11.9. The zero-order valence-electron chi connectivity index (χ0n) is 26.9. The number of carbonyl (C=O) groups excluding carboxylic acids is 2. The largest absolute Gasteiger partial charge is 0.496 e. The number of aromatic nitrogens is 2. The predicted molar refractivity (Wildman–Crippen MR) is 187 cm³/mol. The number of nitrogens with one attached hydrogen (secondary N) is 4. The number of nitrogens with zero attached hydrogens (tertiary/aromatic N) is 2. The Morgan fingerprint density at radius 2 is 1.46 bits per heavy atom. The van der Waals surface area contributed by atoms with Crippen LogP contribution in [0.2, 0.25) is 10.0 Å². The van der Waals surface area contributed by atoms with Crippen molar-refractivity contribution in [2.45, 2.75) is 50.9 Å². The molecule has 2 aromatic heterocycles. The molecule has 2 atom stereocenters. The van der Waals surface area contributed by atoms with Gasteiger partial charge in [0, 0.05) is 85.1 Å². The van der Waals surface area contributed by atoms with Crippen LogP contribution >= 0.6 is 23.2 Å². The molecule has 0 aliphatic carbocycles. The van der Waals surface area contributed by atoms with Crippen molar-refractivity contribution >= 4 is 35.0 Å². The summed E-state index contributed by atoms with van der Waals surface area (Å²) in [6.07, 6.45) is 4.55. The summed E-state index contributed by atoms with van der Waals surface area (Å²) in [5.74, 6) is 1.43. The lowest BCUT2D eigenvalue weighted by Gasteiger charge is -2.16. The lowest BCUT2D eigenvalue weighted by atomic mass is 9.99. The summed E-state index contributed by atoms with van der Waals surface area (Å²) in [5.41, 5.74) is 6.18. The topological polar surface area (TPSA) is 126 Å². The lowest BCUT2D eigenvalue weighted by molar-refractivity contribution is -0.120. The van der Waals surface area contributed by atoms with Gasteiger partial charge in [-0.25, -0.2) is 4.98 Å². The van der Waals surface area contributed by atoms with Gasteiger partial charge in [0.25, 0.3) is 0 Å². The van der Waals surface area contributed by atoms with Crippen LogP contribution in [-0.4, -0.2) is 61.2 Å². The molecule has 4 N–H and O–H groups in total. The van der Waals surface area contributed by atoms with Crippen LogP contribution in [0.3, 0.4) is 0 Å². The van der Waals surface area contributed by atoms with Crippen molar-refractivity contribution in [2.24, 2.45) is 0 Å². The van der Waals surface area contributed by atoms with Crippen molar-refractivity contribution in [3.8, 4) is 45.3 Å². The van der Waals surface area contributed by atoms with Crippen LogP contribution in [-0.2, 0) is 22.7 Å². The molecule has 2 amide bonds. The first-order chi connectivity index (χ1) is 23.3. The van der Waals surface area contributed by atoms with Crippen molar-refractivity contribution < 1.29 is 19.1 Å². The molecule has 2 fully saturated rings. The number of halogens is 2. The van der Waals surface area contributed by atoms with Crippen LogP contribution in [0.4, 0.5) is 0 Å². The van der Waals surface area contributed by atoms with Gasteiger partial charge >= 0.3 is 0 Å². The van der Waals surface area contributed by atoms with E-state index in [0.717, 1.165) is 46.4 Å². The molecule has 12 heteroatoms. The SMILES string of the molecule is COc1cc(-c2ccnc(-c3cccc(-c4ccc(CNC[C@@H]5CCC(=O)N5)c(OC)n4)c3Cl)c2Cl)ccc1CNC[C@@H]1CCC(=O)N1. The monoisotopic (exact) mass is 688 g/mol. The van der Waals surface area contributed by atoms with Gasteiger partial charge in [-0.05, 0) is 36.6 Å². The van der Waals surface area contributed by atoms with Gasteiger partial charge in [-0.3, -0.25) is 14.6 Å². The highest BCUT2D eigenvalue weighted by atomic mass is 35.5. The number of ether oxygens (including phenoxy) is 2. The Labute approximate surface area is 289 Å². The normalized spacial score (nSPS) is 17.3. The van der Waals surface area contributed by atoms with Crippen LogP contribution in [0.5, 0.6) is 11.6 Å². The van der Waals surface area contributed by atoms with Crippen molar-refractivity contribution in [2.75, 3.05) is 27.3 Å². The van der Waals surface area contributed by atoms with Gasteiger partial charge in [-0.15, -0.1) is 0 Å². The molecular formula is C36H38Cl2N6O4. The minimum atomic E-state index is 0.0969. The molecule has 0 saturated carbocycles. The molecule has 2 aromatic carbocycles. The number of benzene rings is 2. The minimum Gasteiger partial charge on any atom is -0.496 e. The molecule has 250 valence electrons. The third kappa shape index (κ3) is 7.57. The summed E-state index contributed by atoms with van der Waals surface area (Å²) in [5, 5.41) is 13.7.